The summed E-state index contributed by atoms with van der Waals surface area (Å²) in [5, 5.41) is 81.8. The molecule has 0 amide bonds. The lowest BCUT2D eigenvalue weighted by molar-refractivity contribution is -0.385. The number of nitrogens with one attached hydrogen (secondary N) is 1. The van der Waals surface area contributed by atoms with Gasteiger partial charge in [-0.3, -0.25) is 39.4 Å². The predicted molar refractivity (Wildman–Crippen MR) is 213 cm³/mol. The number of phenolic OH excluding ortho intramolecular Hbond substituents is 2. The summed E-state index contributed by atoms with van der Waals surface area (Å²) in [7, 11) is -9.93. The average molecular weight is 874 g/mol. The number of benzene rings is 6. The lowest BCUT2D eigenvalue weighted by Crippen LogP contribution is -2.04. The van der Waals surface area contributed by atoms with Crippen molar-refractivity contribution >= 4 is 99.3 Å². The molecule has 0 fully saturated rings. The van der Waals surface area contributed by atoms with Gasteiger partial charge in [-0.25, -0.2) is 0 Å². The number of hydrogen-bond acceptors (Lipinski definition) is 20. The maximum absolute atomic E-state index is 12.1. The molecule has 0 bridgehead atoms. The number of phenols is 2. The van der Waals surface area contributed by atoms with Gasteiger partial charge < -0.3 is 21.3 Å². The van der Waals surface area contributed by atoms with Crippen LogP contribution in [-0.2, 0) is 20.2 Å². The molecule has 0 spiro atoms. The summed E-state index contributed by atoms with van der Waals surface area (Å²) in [5.41, 5.74) is 3.26. The molecule has 0 aliphatic carbocycles. The first-order valence-corrected chi connectivity index (χ1v) is 19.3. The number of nitrogens with zero attached hydrogens (tertiary/aromatic N) is 9. The Morgan fingerprint density at radius 1 is 0.541 bits per heavy atom. The monoisotopic (exact) mass is 873 g/mol. The highest BCUT2D eigenvalue weighted by atomic mass is 32.2. The van der Waals surface area contributed by atoms with Crippen LogP contribution in [0.3, 0.4) is 0 Å². The molecule has 0 saturated heterocycles. The lowest BCUT2D eigenvalue weighted by atomic mass is 10.1. The quantitative estimate of drug-likeness (QED) is 0.0207. The third-order valence-electron chi connectivity index (χ3n) is 8.25. The van der Waals surface area contributed by atoms with Crippen LogP contribution in [0, 0.1) is 30.3 Å². The standard InChI is InChI=1S/C34H23N11O14S2/c35-31-26(39-37-18-3-1-17(2-4-18)36-25-12-10-22(45(52)53)14-30(25)61(57,58)59)15-27(34(47)33(31)42-38-19-5-7-20(8-6-19)43(48)49)40-41-32-23-11-9-21(44(50)51)13-24(23)29(16-28(32)46)60(54,55)56/h1-16,36,46-47H,35H2,(H,54,55,56)(H,57,58,59). The van der Waals surface area contributed by atoms with Gasteiger partial charge >= 0.3 is 0 Å². The van der Waals surface area contributed by atoms with Crippen molar-refractivity contribution in [2.75, 3.05) is 11.1 Å². The summed E-state index contributed by atoms with van der Waals surface area (Å²) in [4.78, 5) is 29.7. The van der Waals surface area contributed by atoms with E-state index >= 15 is 0 Å². The molecule has 0 heterocycles. The highest BCUT2D eigenvalue weighted by Gasteiger charge is 2.24. The summed E-state index contributed by atoms with van der Waals surface area (Å²) in [6, 6.07) is 17.7. The lowest BCUT2D eigenvalue weighted by Gasteiger charge is -2.10. The van der Waals surface area contributed by atoms with Crippen molar-refractivity contribution in [1.82, 2.24) is 0 Å². The first-order valence-electron chi connectivity index (χ1n) is 16.4. The van der Waals surface area contributed by atoms with Gasteiger partial charge in [0.2, 0.25) is 0 Å². The molecule has 6 rings (SSSR count). The van der Waals surface area contributed by atoms with Gasteiger partial charge in [0, 0.05) is 58.9 Å². The van der Waals surface area contributed by atoms with E-state index in [4.69, 9.17) is 5.73 Å². The molecule has 61 heavy (non-hydrogen) atoms. The Kier molecular flexibility index (Phi) is 11.4. The van der Waals surface area contributed by atoms with Gasteiger partial charge in [0.15, 0.2) is 11.4 Å². The fourth-order valence-electron chi connectivity index (χ4n) is 5.36. The normalized spacial score (nSPS) is 12.1. The molecule has 0 aliphatic rings. The minimum atomic E-state index is -5.04. The molecule has 6 aromatic rings. The predicted octanol–water partition coefficient (Wildman–Crippen LogP) is 9.04. The Labute approximate surface area is 339 Å². The van der Waals surface area contributed by atoms with Crippen molar-refractivity contribution in [1.29, 1.82) is 0 Å². The SMILES string of the molecule is Nc1c(N=Nc2ccc(Nc3ccc([N+](=O)[O-])cc3S(=O)(=O)O)cc2)cc(N=Nc2c(O)cc(S(=O)(=O)O)c3cc([N+](=O)[O-])ccc23)c(O)c1N=Nc1ccc([N+](=O)[O-])cc1. The fraction of sp³-hybridized carbons (Fsp3) is 0. The number of hydrogen-bond donors (Lipinski definition) is 6. The molecule has 0 aromatic heterocycles. The van der Waals surface area contributed by atoms with E-state index in [2.05, 4.69) is 36.0 Å². The zero-order chi connectivity index (χ0) is 44.4. The smallest absolute Gasteiger partial charge is 0.296 e. The van der Waals surface area contributed by atoms with E-state index < -0.39 is 90.1 Å². The van der Waals surface area contributed by atoms with Crippen LogP contribution in [0.25, 0.3) is 10.8 Å². The molecule has 25 nitrogen and oxygen atoms in total. The summed E-state index contributed by atoms with van der Waals surface area (Å²) in [6.45, 7) is 0. The van der Waals surface area contributed by atoms with E-state index in [9.17, 15) is 66.5 Å². The van der Waals surface area contributed by atoms with Crippen molar-refractivity contribution < 1.29 is 50.9 Å². The first kappa shape index (κ1) is 42.2. The van der Waals surface area contributed by atoms with Gasteiger partial charge in [-0.2, -0.15) is 27.1 Å². The third-order valence-corrected chi connectivity index (χ3v) is 10.0. The van der Waals surface area contributed by atoms with Gasteiger partial charge in [-0.1, -0.05) is 0 Å². The molecule has 6 aromatic carbocycles. The van der Waals surface area contributed by atoms with Crippen LogP contribution in [0.4, 0.5) is 68.2 Å². The number of rotatable bonds is 13. The number of aromatic hydroxyl groups is 2. The van der Waals surface area contributed by atoms with Crippen LogP contribution in [0.15, 0.2) is 138 Å². The second kappa shape index (κ2) is 16.5. The number of non-ortho nitro benzene ring substituents is 3. The molecule has 0 unspecified atom stereocenters. The highest BCUT2D eigenvalue weighted by molar-refractivity contribution is 7.86. The van der Waals surface area contributed by atoms with Crippen LogP contribution in [-0.4, -0.2) is 50.9 Å². The fourth-order valence-corrected chi connectivity index (χ4v) is 6.74. The number of nitrogens with two attached hydrogens (primary N) is 1. The second-order valence-corrected chi connectivity index (χ2v) is 15.0. The van der Waals surface area contributed by atoms with Crippen molar-refractivity contribution in [3.05, 3.63) is 127 Å². The second-order valence-electron chi connectivity index (χ2n) is 12.2. The minimum Gasteiger partial charge on any atom is -0.506 e. The molecule has 0 atom stereocenters. The van der Waals surface area contributed by atoms with E-state index in [0.29, 0.717) is 12.1 Å². The molecule has 0 aliphatic heterocycles. The van der Waals surface area contributed by atoms with Crippen molar-refractivity contribution in [3.63, 3.8) is 0 Å². The van der Waals surface area contributed by atoms with E-state index in [1.54, 1.807) is 0 Å². The van der Waals surface area contributed by atoms with Gasteiger partial charge in [0.25, 0.3) is 37.3 Å². The van der Waals surface area contributed by atoms with Crippen LogP contribution < -0.4 is 11.1 Å². The molecular weight excluding hydrogens is 851 g/mol. The Balaban J connectivity index is 1.40. The van der Waals surface area contributed by atoms with Crippen LogP contribution in [0.1, 0.15) is 0 Å². The third kappa shape index (κ3) is 9.34. The number of anilines is 3. The molecule has 0 radical (unpaired) electrons. The number of nitro groups is 3. The summed E-state index contributed by atoms with van der Waals surface area (Å²) in [6.07, 6.45) is 0. The highest BCUT2D eigenvalue weighted by Crippen LogP contribution is 2.49. The number of azo groups is 3. The Morgan fingerprint density at radius 2 is 1.05 bits per heavy atom. The van der Waals surface area contributed by atoms with Gasteiger partial charge in [-0.15, -0.1) is 20.5 Å². The molecular formula is C34H23N11O14S2. The zero-order valence-electron chi connectivity index (χ0n) is 30.0. The molecule has 310 valence electrons. The minimum absolute atomic E-state index is 0.0788. The summed E-state index contributed by atoms with van der Waals surface area (Å²) >= 11 is 0. The molecule has 7 N–H and O–H groups in total. The van der Waals surface area contributed by atoms with Crippen LogP contribution in [0.5, 0.6) is 11.5 Å². The zero-order valence-corrected chi connectivity index (χ0v) is 31.7. The maximum atomic E-state index is 12.1. The van der Waals surface area contributed by atoms with E-state index in [0.717, 1.165) is 48.5 Å². The van der Waals surface area contributed by atoms with E-state index in [1.165, 1.54) is 36.4 Å². The van der Waals surface area contributed by atoms with Crippen molar-refractivity contribution in [2.24, 2.45) is 30.7 Å². The average Bonchev–Trinajstić information content (AvgIpc) is 3.20. The van der Waals surface area contributed by atoms with Crippen molar-refractivity contribution in [2.45, 2.75) is 9.79 Å². The number of fused-ring (bicyclic) bond motifs is 1. The van der Waals surface area contributed by atoms with E-state index in [1.807, 2.05) is 0 Å². The van der Waals surface area contributed by atoms with Gasteiger partial charge in [0.1, 0.15) is 32.6 Å². The van der Waals surface area contributed by atoms with Crippen LogP contribution in [0.2, 0.25) is 0 Å². The molecule has 0 saturated carbocycles. The van der Waals surface area contributed by atoms with Gasteiger partial charge in [0.05, 0.1) is 37.5 Å². The number of nitro benzene ring substituents is 3. The Morgan fingerprint density at radius 3 is 1.64 bits per heavy atom. The van der Waals surface area contributed by atoms with Gasteiger partial charge in [-0.05, 0) is 54.6 Å². The topological polar surface area (TPSA) is 391 Å². The Bertz CT molecular complexity index is 3130. The summed E-state index contributed by atoms with van der Waals surface area (Å²) in [5.74, 6) is -1.63. The maximum Gasteiger partial charge on any atom is 0.296 e. The summed E-state index contributed by atoms with van der Waals surface area (Å²) < 4.78 is 67.5. The van der Waals surface area contributed by atoms with Crippen molar-refractivity contribution in [3.8, 4) is 11.5 Å². The number of nitrogen functional groups attached to an aromatic ring is 1. The largest absolute Gasteiger partial charge is 0.506 e. The molecule has 27 heteroatoms. The van der Waals surface area contributed by atoms with Crippen LogP contribution >= 0.6 is 0 Å². The van der Waals surface area contributed by atoms with E-state index in [-0.39, 0.29) is 45.2 Å². The first-order chi connectivity index (χ1) is 28.7. The Hall–Kier alpha value is -8.40.